The van der Waals surface area contributed by atoms with Crippen LogP contribution >= 0.6 is 11.6 Å². The summed E-state index contributed by atoms with van der Waals surface area (Å²) in [5.41, 5.74) is 1.55. The SMILES string of the molecule is O=C(c1ccc(Cl)cc1)N1CCC[C@H](c2ccnc(Nc3ncccn3)n2)C1. The second-order valence-electron chi connectivity index (χ2n) is 6.60. The fraction of sp³-hybridized carbons (Fsp3) is 0.250. The van der Waals surface area contributed by atoms with Crippen LogP contribution in [0.4, 0.5) is 11.9 Å². The van der Waals surface area contributed by atoms with Crippen molar-refractivity contribution in [1.29, 1.82) is 0 Å². The maximum Gasteiger partial charge on any atom is 0.253 e. The van der Waals surface area contributed by atoms with Gasteiger partial charge in [-0.15, -0.1) is 0 Å². The lowest BCUT2D eigenvalue weighted by Crippen LogP contribution is -2.39. The lowest BCUT2D eigenvalue weighted by Gasteiger charge is -2.32. The molecule has 3 aromatic rings. The van der Waals surface area contributed by atoms with Gasteiger partial charge in [0.1, 0.15) is 0 Å². The largest absolute Gasteiger partial charge is 0.338 e. The highest BCUT2D eigenvalue weighted by Crippen LogP contribution is 2.27. The van der Waals surface area contributed by atoms with E-state index < -0.39 is 0 Å². The first kappa shape index (κ1) is 18.3. The van der Waals surface area contributed by atoms with Crippen LogP contribution in [0.1, 0.15) is 34.8 Å². The quantitative estimate of drug-likeness (QED) is 0.726. The molecule has 0 bridgehead atoms. The van der Waals surface area contributed by atoms with Crippen molar-refractivity contribution in [2.45, 2.75) is 18.8 Å². The van der Waals surface area contributed by atoms with Crippen LogP contribution in [-0.2, 0) is 0 Å². The van der Waals surface area contributed by atoms with E-state index in [1.165, 1.54) is 0 Å². The monoisotopic (exact) mass is 394 g/mol. The van der Waals surface area contributed by atoms with E-state index in [0.717, 1.165) is 25.1 Å². The Hall–Kier alpha value is -3.06. The zero-order valence-electron chi connectivity index (χ0n) is 15.1. The Morgan fingerprint density at radius 2 is 1.79 bits per heavy atom. The Labute approximate surface area is 167 Å². The molecule has 3 heterocycles. The number of likely N-dealkylation sites (tertiary alicyclic amines) is 1. The highest BCUT2D eigenvalue weighted by atomic mass is 35.5. The van der Waals surface area contributed by atoms with Crippen molar-refractivity contribution in [3.05, 3.63) is 71.3 Å². The molecule has 0 unspecified atom stereocenters. The highest BCUT2D eigenvalue weighted by molar-refractivity contribution is 6.30. The van der Waals surface area contributed by atoms with Crippen LogP contribution in [0.25, 0.3) is 0 Å². The number of rotatable bonds is 4. The molecule has 1 atom stereocenters. The summed E-state index contributed by atoms with van der Waals surface area (Å²) in [4.78, 5) is 31.8. The van der Waals surface area contributed by atoms with Gasteiger partial charge >= 0.3 is 0 Å². The maximum atomic E-state index is 12.8. The predicted octanol–water partition coefficient (Wildman–Crippen LogP) is 3.68. The molecule has 142 valence electrons. The molecule has 1 saturated heterocycles. The lowest BCUT2D eigenvalue weighted by molar-refractivity contribution is 0.0706. The van der Waals surface area contributed by atoms with Gasteiger partial charge in [0.2, 0.25) is 11.9 Å². The van der Waals surface area contributed by atoms with Gasteiger partial charge in [0.05, 0.1) is 5.69 Å². The number of nitrogens with zero attached hydrogens (tertiary/aromatic N) is 5. The fourth-order valence-corrected chi connectivity index (χ4v) is 3.43. The third-order valence-electron chi connectivity index (χ3n) is 4.68. The number of benzene rings is 1. The van der Waals surface area contributed by atoms with Crippen LogP contribution in [0.3, 0.4) is 0 Å². The van der Waals surface area contributed by atoms with E-state index in [1.54, 1.807) is 48.9 Å². The summed E-state index contributed by atoms with van der Waals surface area (Å²) in [5.74, 6) is 1.07. The van der Waals surface area contributed by atoms with Gasteiger partial charge < -0.3 is 4.90 Å². The molecule has 1 fully saturated rings. The molecule has 1 aliphatic heterocycles. The Morgan fingerprint density at radius 1 is 1.04 bits per heavy atom. The third kappa shape index (κ3) is 4.26. The highest BCUT2D eigenvalue weighted by Gasteiger charge is 2.26. The second-order valence-corrected chi connectivity index (χ2v) is 7.04. The summed E-state index contributed by atoms with van der Waals surface area (Å²) in [6.07, 6.45) is 6.93. The molecule has 1 N–H and O–H groups in total. The van der Waals surface area contributed by atoms with Gasteiger partial charge in [-0.2, -0.15) is 0 Å². The van der Waals surface area contributed by atoms with Crippen LogP contribution in [0.15, 0.2) is 55.0 Å². The Morgan fingerprint density at radius 3 is 2.57 bits per heavy atom. The second kappa shape index (κ2) is 8.31. The number of anilines is 2. The standard InChI is InChI=1S/C20H19ClN6O/c21-16-6-4-14(5-7-16)18(28)27-12-1-3-15(13-27)17-8-11-24-20(25-17)26-19-22-9-2-10-23-19/h2,4-11,15H,1,3,12-13H2,(H,22,23,24,25,26)/t15-/m0/s1. The molecule has 1 amide bonds. The van der Waals surface area contributed by atoms with Crippen molar-refractivity contribution in [2.75, 3.05) is 18.4 Å². The van der Waals surface area contributed by atoms with Gasteiger partial charge in [-0.3, -0.25) is 10.1 Å². The van der Waals surface area contributed by atoms with Gasteiger partial charge in [-0.1, -0.05) is 11.6 Å². The topological polar surface area (TPSA) is 83.9 Å². The first-order valence-corrected chi connectivity index (χ1v) is 9.48. The average Bonchev–Trinajstić information content (AvgIpc) is 2.75. The van der Waals surface area contributed by atoms with E-state index in [9.17, 15) is 4.79 Å². The molecule has 0 spiro atoms. The molecule has 4 rings (SSSR count). The third-order valence-corrected chi connectivity index (χ3v) is 4.94. The number of hydrogen-bond donors (Lipinski definition) is 1. The van der Waals surface area contributed by atoms with Crippen molar-refractivity contribution in [3.8, 4) is 0 Å². The van der Waals surface area contributed by atoms with Crippen LogP contribution < -0.4 is 5.32 Å². The minimum atomic E-state index is 0.0199. The Kier molecular flexibility index (Phi) is 5.43. The number of aromatic nitrogens is 4. The number of halogens is 1. The van der Waals surface area contributed by atoms with Crippen molar-refractivity contribution < 1.29 is 4.79 Å². The van der Waals surface area contributed by atoms with Gasteiger partial charge in [-0.05, 0) is 49.2 Å². The van der Waals surface area contributed by atoms with Crippen LogP contribution in [0.5, 0.6) is 0 Å². The summed E-state index contributed by atoms with van der Waals surface area (Å²) < 4.78 is 0. The van der Waals surface area contributed by atoms with E-state index in [1.807, 2.05) is 11.0 Å². The van der Waals surface area contributed by atoms with Gasteiger partial charge in [0.15, 0.2) is 0 Å². The average molecular weight is 395 g/mol. The van der Waals surface area contributed by atoms with E-state index in [-0.39, 0.29) is 11.8 Å². The van der Waals surface area contributed by atoms with E-state index in [2.05, 4.69) is 25.3 Å². The number of amides is 1. The van der Waals surface area contributed by atoms with Gasteiger partial charge in [0.25, 0.3) is 5.91 Å². The van der Waals surface area contributed by atoms with Crippen LogP contribution in [-0.4, -0.2) is 43.8 Å². The molecule has 28 heavy (non-hydrogen) atoms. The van der Waals surface area contributed by atoms with E-state index in [4.69, 9.17) is 11.6 Å². The Bertz CT molecular complexity index is 950. The number of hydrogen-bond acceptors (Lipinski definition) is 6. The molecule has 0 aliphatic carbocycles. The van der Waals surface area contributed by atoms with Crippen molar-refractivity contribution in [2.24, 2.45) is 0 Å². The minimum absolute atomic E-state index is 0.0199. The van der Waals surface area contributed by atoms with Gasteiger partial charge in [-0.25, -0.2) is 19.9 Å². The lowest BCUT2D eigenvalue weighted by atomic mass is 9.94. The van der Waals surface area contributed by atoms with Crippen LogP contribution in [0.2, 0.25) is 5.02 Å². The number of piperidine rings is 1. The molecule has 7 nitrogen and oxygen atoms in total. The van der Waals surface area contributed by atoms with Gasteiger partial charge in [0, 0.05) is 48.2 Å². The van der Waals surface area contributed by atoms with Crippen LogP contribution in [0, 0.1) is 0 Å². The smallest absolute Gasteiger partial charge is 0.253 e. The van der Waals surface area contributed by atoms with E-state index >= 15 is 0 Å². The summed E-state index contributed by atoms with van der Waals surface area (Å²) in [7, 11) is 0. The molecule has 1 aromatic carbocycles. The molecule has 2 aromatic heterocycles. The zero-order valence-corrected chi connectivity index (χ0v) is 15.9. The van der Waals surface area contributed by atoms with Crippen molar-refractivity contribution >= 4 is 29.4 Å². The zero-order chi connectivity index (χ0) is 19.3. The molecule has 0 saturated carbocycles. The molecule has 1 aliphatic rings. The summed E-state index contributed by atoms with van der Waals surface area (Å²) in [6, 6.07) is 10.7. The van der Waals surface area contributed by atoms with E-state index in [0.29, 0.717) is 29.0 Å². The fourth-order valence-electron chi connectivity index (χ4n) is 3.30. The molecule has 8 heteroatoms. The number of carbonyl (C=O) groups is 1. The van der Waals surface area contributed by atoms with Crippen molar-refractivity contribution in [1.82, 2.24) is 24.8 Å². The summed E-state index contributed by atoms with van der Waals surface area (Å²) in [6.45, 7) is 1.37. The number of carbonyl (C=O) groups excluding carboxylic acids is 1. The Balaban J connectivity index is 1.48. The maximum absolute atomic E-state index is 12.8. The molecular formula is C20H19ClN6O. The predicted molar refractivity (Wildman–Crippen MR) is 107 cm³/mol. The first-order chi connectivity index (χ1) is 13.7. The molecular weight excluding hydrogens is 376 g/mol. The number of nitrogens with one attached hydrogen (secondary N) is 1. The summed E-state index contributed by atoms with van der Waals surface area (Å²) in [5, 5.41) is 3.63. The summed E-state index contributed by atoms with van der Waals surface area (Å²) >= 11 is 5.92. The first-order valence-electron chi connectivity index (χ1n) is 9.11. The minimum Gasteiger partial charge on any atom is -0.338 e. The normalized spacial score (nSPS) is 16.6. The van der Waals surface area contributed by atoms with Crippen molar-refractivity contribution in [3.63, 3.8) is 0 Å². The molecule has 0 radical (unpaired) electrons.